The van der Waals surface area contributed by atoms with E-state index in [1.165, 1.54) is 0 Å². The Hall–Kier alpha value is -1.07. The molecule has 0 radical (unpaired) electrons. The van der Waals surface area contributed by atoms with Gasteiger partial charge in [-0.1, -0.05) is 13.3 Å². The molecule has 3 nitrogen and oxygen atoms in total. The van der Waals surface area contributed by atoms with Crippen LogP contribution >= 0.6 is 0 Å². The quantitative estimate of drug-likeness (QED) is 0.518. The number of carbonyl (C=O) groups is 2. The SMILES string of the molecule is CCCC(C(=O)CCC(F)(F)F)C(=O)OCC. The fourth-order valence-corrected chi connectivity index (χ4v) is 1.38. The van der Waals surface area contributed by atoms with Gasteiger partial charge in [0.25, 0.3) is 0 Å². The number of carbonyl (C=O) groups excluding carboxylic acids is 2. The van der Waals surface area contributed by atoms with Gasteiger partial charge in [-0.15, -0.1) is 0 Å². The Kier molecular flexibility index (Phi) is 6.83. The van der Waals surface area contributed by atoms with Gasteiger partial charge in [0.05, 0.1) is 13.0 Å². The molecule has 0 spiro atoms. The summed E-state index contributed by atoms with van der Waals surface area (Å²) < 4.78 is 40.5. The smallest absolute Gasteiger partial charge is 0.389 e. The van der Waals surface area contributed by atoms with Crippen molar-refractivity contribution in [1.29, 1.82) is 0 Å². The summed E-state index contributed by atoms with van der Waals surface area (Å²) in [7, 11) is 0. The normalized spacial score (nSPS) is 13.2. The first-order valence-corrected chi connectivity index (χ1v) is 5.57. The van der Waals surface area contributed by atoms with E-state index in [4.69, 9.17) is 0 Å². The van der Waals surface area contributed by atoms with Crippen LogP contribution in [0.25, 0.3) is 0 Å². The third-order valence-corrected chi connectivity index (χ3v) is 2.19. The van der Waals surface area contributed by atoms with Crippen LogP contribution in [0.3, 0.4) is 0 Å². The van der Waals surface area contributed by atoms with Gasteiger partial charge in [-0.05, 0) is 13.3 Å². The van der Waals surface area contributed by atoms with E-state index in [0.29, 0.717) is 6.42 Å². The van der Waals surface area contributed by atoms with Crippen LogP contribution in [0.1, 0.15) is 39.5 Å². The van der Waals surface area contributed by atoms with Crippen molar-refractivity contribution in [2.45, 2.75) is 45.7 Å². The summed E-state index contributed by atoms with van der Waals surface area (Å²) >= 11 is 0. The minimum absolute atomic E-state index is 0.117. The first kappa shape index (κ1) is 15.9. The number of esters is 1. The van der Waals surface area contributed by atoms with Gasteiger partial charge in [-0.25, -0.2) is 0 Å². The second-order valence-corrected chi connectivity index (χ2v) is 3.67. The van der Waals surface area contributed by atoms with E-state index in [2.05, 4.69) is 4.74 Å². The minimum Gasteiger partial charge on any atom is -0.465 e. The van der Waals surface area contributed by atoms with Crippen molar-refractivity contribution in [1.82, 2.24) is 0 Å². The van der Waals surface area contributed by atoms with E-state index >= 15 is 0 Å². The molecular formula is C11H17F3O3. The van der Waals surface area contributed by atoms with Crippen LogP contribution in [0, 0.1) is 5.92 Å². The van der Waals surface area contributed by atoms with Gasteiger partial charge < -0.3 is 4.74 Å². The van der Waals surface area contributed by atoms with Crippen molar-refractivity contribution in [3.05, 3.63) is 0 Å². The zero-order valence-corrected chi connectivity index (χ0v) is 9.97. The fraction of sp³-hybridized carbons (Fsp3) is 0.818. The Balaban J connectivity index is 4.39. The molecule has 0 rings (SSSR count). The maximum Gasteiger partial charge on any atom is 0.389 e. The first-order chi connectivity index (χ1) is 7.81. The largest absolute Gasteiger partial charge is 0.465 e. The standard InChI is InChI=1S/C11H17F3O3/c1-3-5-8(10(16)17-4-2)9(15)6-7-11(12,13)14/h8H,3-7H2,1-2H3. The Bertz CT molecular complexity index is 261. The lowest BCUT2D eigenvalue weighted by atomic mass is 9.95. The summed E-state index contributed by atoms with van der Waals surface area (Å²) in [4.78, 5) is 22.9. The highest BCUT2D eigenvalue weighted by Gasteiger charge is 2.32. The van der Waals surface area contributed by atoms with E-state index in [-0.39, 0.29) is 13.0 Å². The van der Waals surface area contributed by atoms with Gasteiger partial charge in [0.15, 0.2) is 0 Å². The van der Waals surface area contributed by atoms with Gasteiger partial charge in [0, 0.05) is 6.42 Å². The number of hydrogen-bond donors (Lipinski definition) is 0. The number of hydrogen-bond acceptors (Lipinski definition) is 3. The molecule has 100 valence electrons. The minimum atomic E-state index is -4.37. The number of ether oxygens (including phenoxy) is 1. The molecule has 6 heteroatoms. The van der Waals surface area contributed by atoms with Crippen molar-refractivity contribution in [2.75, 3.05) is 6.61 Å². The molecule has 0 aromatic heterocycles. The van der Waals surface area contributed by atoms with Crippen LogP contribution in [-0.2, 0) is 14.3 Å². The molecule has 0 aliphatic rings. The number of rotatable bonds is 7. The van der Waals surface area contributed by atoms with Crippen molar-refractivity contribution >= 4 is 11.8 Å². The average molecular weight is 254 g/mol. The molecule has 0 N–H and O–H groups in total. The van der Waals surface area contributed by atoms with Crippen LogP contribution in [0.2, 0.25) is 0 Å². The molecule has 0 fully saturated rings. The van der Waals surface area contributed by atoms with Crippen molar-refractivity contribution in [3.63, 3.8) is 0 Å². The van der Waals surface area contributed by atoms with Gasteiger partial charge in [-0.2, -0.15) is 13.2 Å². The lowest BCUT2D eigenvalue weighted by Crippen LogP contribution is -2.27. The number of Topliss-reactive ketones (excluding diaryl/α,β-unsaturated/α-hetero) is 1. The van der Waals surface area contributed by atoms with E-state index in [1.807, 2.05) is 0 Å². The topological polar surface area (TPSA) is 43.4 Å². The number of alkyl halides is 3. The zero-order chi connectivity index (χ0) is 13.5. The van der Waals surface area contributed by atoms with E-state index in [1.54, 1.807) is 13.8 Å². The van der Waals surface area contributed by atoms with E-state index in [9.17, 15) is 22.8 Å². The predicted molar refractivity (Wildman–Crippen MR) is 55.3 cm³/mol. The monoisotopic (exact) mass is 254 g/mol. The Morgan fingerprint density at radius 1 is 1.24 bits per heavy atom. The van der Waals surface area contributed by atoms with Crippen LogP contribution in [0.15, 0.2) is 0 Å². The first-order valence-electron chi connectivity index (χ1n) is 5.57. The molecule has 0 bridgehead atoms. The summed E-state index contributed by atoms with van der Waals surface area (Å²) in [5.41, 5.74) is 0. The molecule has 0 aliphatic heterocycles. The molecular weight excluding hydrogens is 237 g/mol. The van der Waals surface area contributed by atoms with E-state index < -0.39 is 36.7 Å². The summed E-state index contributed by atoms with van der Waals surface area (Å²) in [5, 5.41) is 0. The third-order valence-electron chi connectivity index (χ3n) is 2.19. The lowest BCUT2D eigenvalue weighted by molar-refractivity contribution is -0.156. The average Bonchev–Trinajstić information content (AvgIpc) is 2.21. The van der Waals surface area contributed by atoms with Crippen molar-refractivity contribution in [3.8, 4) is 0 Å². The summed E-state index contributed by atoms with van der Waals surface area (Å²) in [6.45, 7) is 3.45. The Labute approximate surface area is 98.3 Å². The number of ketones is 1. The second kappa shape index (κ2) is 7.29. The zero-order valence-electron chi connectivity index (χ0n) is 9.97. The summed E-state index contributed by atoms with van der Waals surface area (Å²) in [6.07, 6.45) is -5.45. The molecule has 17 heavy (non-hydrogen) atoms. The van der Waals surface area contributed by atoms with Crippen LogP contribution in [0.4, 0.5) is 13.2 Å². The van der Waals surface area contributed by atoms with Crippen molar-refractivity contribution in [2.24, 2.45) is 5.92 Å². The molecule has 0 heterocycles. The molecule has 0 amide bonds. The molecule has 1 atom stereocenters. The maximum absolute atomic E-state index is 11.9. The van der Waals surface area contributed by atoms with Gasteiger partial charge in [-0.3, -0.25) is 9.59 Å². The summed E-state index contributed by atoms with van der Waals surface area (Å²) in [5.74, 6) is -2.47. The van der Waals surface area contributed by atoms with Crippen molar-refractivity contribution < 1.29 is 27.5 Å². The molecule has 0 saturated heterocycles. The number of halogens is 3. The lowest BCUT2D eigenvalue weighted by Gasteiger charge is -2.14. The highest BCUT2D eigenvalue weighted by atomic mass is 19.4. The Morgan fingerprint density at radius 2 is 1.82 bits per heavy atom. The molecule has 0 aliphatic carbocycles. The molecule has 0 aromatic carbocycles. The van der Waals surface area contributed by atoms with Gasteiger partial charge >= 0.3 is 12.1 Å². The van der Waals surface area contributed by atoms with Gasteiger partial charge in [0.1, 0.15) is 11.7 Å². The van der Waals surface area contributed by atoms with E-state index in [0.717, 1.165) is 0 Å². The second-order valence-electron chi connectivity index (χ2n) is 3.67. The molecule has 0 saturated carbocycles. The summed E-state index contributed by atoms with van der Waals surface area (Å²) in [6, 6.07) is 0. The molecule has 1 unspecified atom stereocenters. The predicted octanol–water partition coefficient (Wildman–Crippen LogP) is 2.88. The fourth-order valence-electron chi connectivity index (χ4n) is 1.38. The third kappa shape index (κ3) is 6.97. The van der Waals surface area contributed by atoms with Crippen LogP contribution in [-0.4, -0.2) is 24.5 Å². The Morgan fingerprint density at radius 3 is 2.24 bits per heavy atom. The van der Waals surface area contributed by atoms with Crippen LogP contribution in [0.5, 0.6) is 0 Å². The highest BCUT2D eigenvalue weighted by molar-refractivity contribution is 5.98. The van der Waals surface area contributed by atoms with Gasteiger partial charge in [0.2, 0.25) is 0 Å². The molecule has 0 aromatic rings. The maximum atomic E-state index is 11.9. The highest BCUT2D eigenvalue weighted by Crippen LogP contribution is 2.23. The van der Waals surface area contributed by atoms with Crippen LogP contribution < -0.4 is 0 Å².